The summed E-state index contributed by atoms with van der Waals surface area (Å²) in [4.78, 5) is 36.7. The summed E-state index contributed by atoms with van der Waals surface area (Å²) in [6.07, 6.45) is 1.06. The van der Waals surface area contributed by atoms with Gasteiger partial charge >= 0.3 is 5.97 Å². The maximum Gasteiger partial charge on any atom is 0.372 e. The third-order valence-corrected chi connectivity index (χ3v) is 2.93. The number of carbonyl (C=O) groups excluding carboxylic acids is 1. The van der Waals surface area contributed by atoms with E-state index in [2.05, 4.69) is 4.98 Å². The van der Waals surface area contributed by atoms with Crippen LogP contribution in [0.5, 0.6) is 5.88 Å². The predicted octanol–water partition coefficient (Wildman–Crippen LogP) is 1.16. The first kappa shape index (κ1) is 17.5. The molecule has 0 aliphatic rings. The smallest absolute Gasteiger partial charge is 0.372 e. The number of carboxylic acid groups (broad SMARTS) is 1. The van der Waals surface area contributed by atoms with Gasteiger partial charge in [-0.25, -0.2) is 9.78 Å². The molecule has 0 saturated carbocycles. The van der Waals surface area contributed by atoms with Crippen molar-refractivity contribution in [2.24, 2.45) is 0 Å². The molecule has 0 aliphatic carbocycles. The fraction of sp³-hybridized carbons (Fsp3) is 0.462. The molecule has 1 heterocycles. The molecule has 22 heavy (non-hydrogen) atoms. The summed E-state index contributed by atoms with van der Waals surface area (Å²) in [5.74, 6) is -3.82. The second kappa shape index (κ2) is 8.03. The topological polar surface area (TPSA) is 129 Å². The van der Waals surface area contributed by atoms with Gasteiger partial charge in [0, 0.05) is 18.7 Å². The predicted molar refractivity (Wildman–Crippen MR) is 73.9 cm³/mol. The summed E-state index contributed by atoms with van der Waals surface area (Å²) in [6, 6.07) is 1.22. The fourth-order valence-electron chi connectivity index (χ4n) is 1.88. The Morgan fingerprint density at radius 1 is 1.45 bits per heavy atom. The summed E-state index contributed by atoms with van der Waals surface area (Å²) < 4.78 is 10.0. The number of Topliss-reactive ketones (excluding diaryl/α,β-unsaturated/α-hetero) is 1. The van der Waals surface area contributed by atoms with E-state index in [1.165, 1.54) is 13.2 Å². The molecule has 0 saturated heterocycles. The van der Waals surface area contributed by atoms with Crippen molar-refractivity contribution >= 4 is 17.4 Å². The molecule has 1 aromatic rings. The Bertz CT molecular complexity index is 574. The summed E-state index contributed by atoms with van der Waals surface area (Å²) in [6.45, 7) is 2.03. The number of rotatable bonds is 9. The van der Waals surface area contributed by atoms with Gasteiger partial charge in [0.05, 0.1) is 17.4 Å². The van der Waals surface area contributed by atoms with Crippen LogP contribution >= 0.6 is 0 Å². The van der Waals surface area contributed by atoms with Crippen LogP contribution in [0.2, 0.25) is 0 Å². The van der Waals surface area contributed by atoms with E-state index in [1.54, 1.807) is 6.92 Å². The van der Waals surface area contributed by atoms with Crippen LogP contribution in [0, 0.1) is 10.1 Å². The molecule has 1 rings (SSSR count). The van der Waals surface area contributed by atoms with Crippen LogP contribution < -0.4 is 4.74 Å². The Labute approximate surface area is 126 Å². The van der Waals surface area contributed by atoms with E-state index in [-0.39, 0.29) is 24.5 Å². The monoisotopic (exact) mass is 312 g/mol. The second-order valence-corrected chi connectivity index (χ2v) is 4.31. The van der Waals surface area contributed by atoms with E-state index in [9.17, 15) is 19.7 Å². The summed E-state index contributed by atoms with van der Waals surface area (Å²) in [5, 5.41) is 19.9. The summed E-state index contributed by atoms with van der Waals surface area (Å²) >= 11 is 0. The highest BCUT2D eigenvalue weighted by Crippen LogP contribution is 2.31. The number of aromatic nitrogens is 1. The van der Waals surface area contributed by atoms with Gasteiger partial charge in [0.25, 0.3) is 5.69 Å². The minimum absolute atomic E-state index is 0.0256. The van der Waals surface area contributed by atoms with Crippen LogP contribution in [-0.4, -0.2) is 47.1 Å². The number of aliphatic carboxylic acids is 1. The van der Waals surface area contributed by atoms with E-state index in [1.807, 2.05) is 0 Å². The molecule has 120 valence electrons. The van der Waals surface area contributed by atoms with Crippen LogP contribution in [0.25, 0.3) is 0 Å². The van der Waals surface area contributed by atoms with Crippen LogP contribution in [0.15, 0.2) is 12.3 Å². The minimum atomic E-state index is -1.64. The van der Waals surface area contributed by atoms with E-state index >= 15 is 0 Å². The van der Waals surface area contributed by atoms with Crippen molar-refractivity contribution in [3.05, 3.63) is 27.9 Å². The van der Waals surface area contributed by atoms with Gasteiger partial charge in [0.15, 0.2) is 0 Å². The molecular formula is C13H16N2O7. The largest absolute Gasteiger partial charge is 0.475 e. The van der Waals surface area contributed by atoms with Crippen LogP contribution in [0.4, 0.5) is 5.69 Å². The number of methoxy groups -OCH3 is 1. The molecule has 0 radical (unpaired) electrons. The Morgan fingerprint density at radius 3 is 2.64 bits per heavy atom. The van der Waals surface area contributed by atoms with E-state index in [0.717, 1.165) is 6.20 Å². The first-order valence-corrected chi connectivity index (χ1v) is 6.45. The molecule has 1 aromatic heterocycles. The molecule has 9 nitrogen and oxygen atoms in total. The zero-order valence-corrected chi connectivity index (χ0v) is 12.1. The first-order valence-electron chi connectivity index (χ1n) is 6.45. The normalized spacial score (nSPS) is 11.7. The number of nitrogens with zero attached hydrogens (tertiary/aromatic N) is 2. The highest BCUT2D eigenvalue weighted by molar-refractivity contribution is 6.35. The average molecular weight is 312 g/mol. The number of carboxylic acids is 1. The number of hydrogen-bond donors (Lipinski definition) is 1. The molecule has 1 unspecified atom stereocenters. The number of ketones is 1. The highest BCUT2D eigenvalue weighted by Gasteiger charge is 2.31. The van der Waals surface area contributed by atoms with Gasteiger partial charge in [-0.2, -0.15) is 0 Å². The quantitative estimate of drug-likeness (QED) is 0.311. The molecule has 0 aliphatic heterocycles. The number of carbonyl (C=O) groups is 2. The lowest BCUT2D eigenvalue weighted by molar-refractivity contribution is -0.386. The van der Waals surface area contributed by atoms with Crippen molar-refractivity contribution in [3.63, 3.8) is 0 Å². The Kier molecular flexibility index (Phi) is 6.39. The van der Waals surface area contributed by atoms with Gasteiger partial charge in [-0.3, -0.25) is 14.9 Å². The van der Waals surface area contributed by atoms with Crippen molar-refractivity contribution in [3.8, 4) is 5.88 Å². The van der Waals surface area contributed by atoms with E-state index in [0.29, 0.717) is 6.61 Å². The number of pyridine rings is 1. The van der Waals surface area contributed by atoms with E-state index < -0.39 is 28.3 Å². The standard InChI is InChI=1S/C13H16N2O7/c1-3-8(12(16)13(17)18)9-6-11(22-5-4-21-2)14-7-10(9)15(19)20/h6-8H,3-5H2,1-2H3,(H,17,18). The van der Waals surface area contributed by atoms with Gasteiger partial charge in [-0.05, 0) is 6.42 Å². The molecule has 0 bridgehead atoms. The van der Waals surface area contributed by atoms with Gasteiger partial charge < -0.3 is 14.6 Å². The van der Waals surface area contributed by atoms with Gasteiger partial charge in [0.2, 0.25) is 11.7 Å². The van der Waals surface area contributed by atoms with Crippen molar-refractivity contribution in [1.29, 1.82) is 0 Å². The molecular weight excluding hydrogens is 296 g/mol. The summed E-state index contributed by atoms with van der Waals surface area (Å²) in [5.41, 5.74) is -0.442. The van der Waals surface area contributed by atoms with Gasteiger partial charge in [-0.15, -0.1) is 0 Å². The SMILES string of the molecule is CCC(C(=O)C(=O)O)c1cc(OCCOC)ncc1[N+](=O)[O-]. The highest BCUT2D eigenvalue weighted by atomic mass is 16.6. The fourth-order valence-corrected chi connectivity index (χ4v) is 1.88. The van der Waals surface area contributed by atoms with Crippen molar-refractivity contribution in [2.75, 3.05) is 20.3 Å². The number of ether oxygens (including phenoxy) is 2. The average Bonchev–Trinajstić information content (AvgIpc) is 2.48. The van der Waals surface area contributed by atoms with Crippen molar-refractivity contribution in [2.45, 2.75) is 19.3 Å². The Morgan fingerprint density at radius 2 is 2.14 bits per heavy atom. The zero-order valence-electron chi connectivity index (χ0n) is 12.1. The molecule has 0 fully saturated rings. The van der Waals surface area contributed by atoms with E-state index in [4.69, 9.17) is 14.6 Å². The zero-order chi connectivity index (χ0) is 16.7. The Balaban J connectivity index is 3.21. The minimum Gasteiger partial charge on any atom is -0.475 e. The molecule has 0 spiro atoms. The maximum absolute atomic E-state index is 11.7. The first-order chi connectivity index (χ1) is 10.4. The lowest BCUT2D eigenvalue weighted by Gasteiger charge is -2.13. The molecule has 1 N–H and O–H groups in total. The maximum atomic E-state index is 11.7. The van der Waals surface area contributed by atoms with Gasteiger partial charge in [-0.1, -0.05) is 6.92 Å². The number of nitro groups is 1. The lowest BCUT2D eigenvalue weighted by Crippen LogP contribution is -2.22. The molecule has 9 heteroatoms. The van der Waals surface area contributed by atoms with Crippen molar-refractivity contribution < 1.29 is 29.1 Å². The lowest BCUT2D eigenvalue weighted by atomic mass is 9.91. The molecule has 0 aromatic carbocycles. The third-order valence-electron chi connectivity index (χ3n) is 2.93. The summed E-state index contributed by atoms with van der Waals surface area (Å²) in [7, 11) is 1.48. The van der Waals surface area contributed by atoms with Crippen LogP contribution in [0.3, 0.4) is 0 Å². The number of hydrogen-bond acceptors (Lipinski definition) is 7. The Hall–Kier alpha value is -2.55. The van der Waals surface area contributed by atoms with Crippen LogP contribution in [-0.2, 0) is 14.3 Å². The van der Waals surface area contributed by atoms with Crippen molar-refractivity contribution in [1.82, 2.24) is 4.98 Å². The van der Waals surface area contributed by atoms with Gasteiger partial charge in [0.1, 0.15) is 12.8 Å². The molecule has 1 atom stereocenters. The second-order valence-electron chi connectivity index (χ2n) is 4.31. The third kappa shape index (κ3) is 4.22. The molecule has 0 amide bonds. The van der Waals surface area contributed by atoms with Crippen LogP contribution in [0.1, 0.15) is 24.8 Å².